The summed E-state index contributed by atoms with van der Waals surface area (Å²) in [6.45, 7) is 17.6. The van der Waals surface area contributed by atoms with Crippen LogP contribution in [0.5, 0.6) is 0 Å². The number of ether oxygens (including phenoxy) is 1. The summed E-state index contributed by atoms with van der Waals surface area (Å²) >= 11 is 0. The van der Waals surface area contributed by atoms with E-state index in [2.05, 4.69) is 51.8 Å². The molecular formula is C30H47NO6Si. The highest BCUT2D eigenvalue weighted by atomic mass is 28.4. The average molecular weight is 546 g/mol. The zero-order valence-corrected chi connectivity index (χ0v) is 25.4. The smallest absolute Gasteiger partial charge is 0.462 e. The van der Waals surface area contributed by atoms with Crippen LogP contribution < -0.4 is 0 Å². The minimum Gasteiger partial charge on any atom is -0.462 e. The van der Waals surface area contributed by atoms with Crippen LogP contribution in [0, 0.1) is 5.92 Å². The molecule has 0 spiro atoms. The second kappa shape index (κ2) is 15.5. The van der Waals surface area contributed by atoms with E-state index in [0.717, 1.165) is 5.56 Å². The van der Waals surface area contributed by atoms with Crippen molar-refractivity contribution in [3.63, 3.8) is 0 Å². The molecule has 0 N–H and O–H groups in total. The van der Waals surface area contributed by atoms with Crippen LogP contribution >= 0.6 is 0 Å². The maximum Gasteiger partial charge on any atom is 0.512 e. The van der Waals surface area contributed by atoms with E-state index in [1.165, 1.54) is 5.56 Å². The maximum absolute atomic E-state index is 13.1. The fourth-order valence-electron chi connectivity index (χ4n) is 4.41. The zero-order valence-electron chi connectivity index (χ0n) is 24.4. The van der Waals surface area contributed by atoms with Crippen LogP contribution in [0.4, 0.5) is 0 Å². The first-order valence-electron chi connectivity index (χ1n) is 13.7. The Morgan fingerprint density at radius 1 is 0.816 bits per heavy atom. The molecule has 212 valence electrons. The topological polar surface area (TPSA) is 66.5 Å². The molecule has 0 bridgehead atoms. The highest BCUT2D eigenvalue weighted by Crippen LogP contribution is 2.37. The molecule has 7 nitrogen and oxygen atoms in total. The molecular weight excluding hydrogens is 498 g/mol. The summed E-state index contributed by atoms with van der Waals surface area (Å²) in [5.41, 5.74) is 1.76. The molecule has 0 aliphatic carbocycles. The summed E-state index contributed by atoms with van der Waals surface area (Å²) in [6.07, 6.45) is -0.508. The Hall–Kier alpha value is -2.07. The van der Waals surface area contributed by atoms with E-state index in [1.54, 1.807) is 0 Å². The van der Waals surface area contributed by atoms with Crippen LogP contribution in [0.25, 0.3) is 0 Å². The van der Waals surface area contributed by atoms with Gasteiger partial charge in [-0.15, -0.1) is 0 Å². The van der Waals surface area contributed by atoms with Gasteiger partial charge in [-0.25, -0.2) is 0 Å². The van der Waals surface area contributed by atoms with Crippen molar-refractivity contribution in [3.8, 4) is 0 Å². The third kappa shape index (κ3) is 9.59. The molecule has 0 aliphatic rings. The minimum atomic E-state index is -3.17. The second-order valence-corrected chi connectivity index (χ2v) is 13.0. The summed E-state index contributed by atoms with van der Waals surface area (Å²) in [5, 5.41) is 2.05. The van der Waals surface area contributed by atoms with Gasteiger partial charge in [-0.3, -0.25) is 9.63 Å². The SMILES string of the molecule is CCO[Si](CC(=O)OCC(ON(C(c1ccccc1)C(C)C)C(C)(C)C)c1ccccc1)(OCC)OCC. The Bertz CT molecular complexity index is 918. The van der Waals surface area contributed by atoms with Crippen molar-refractivity contribution in [2.24, 2.45) is 5.92 Å². The number of nitrogens with zero attached hydrogens (tertiary/aromatic N) is 1. The largest absolute Gasteiger partial charge is 0.512 e. The number of rotatable bonds is 16. The fraction of sp³-hybridized carbons (Fsp3) is 0.567. The van der Waals surface area contributed by atoms with Gasteiger partial charge in [0.15, 0.2) is 0 Å². The van der Waals surface area contributed by atoms with Crippen molar-refractivity contribution in [2.75, 3.05) is 26.4 Å². The van der Waals surface area contributed by atoms with E-state index in [1.807, 2.05) is 69.3 Å². The lowest BCUT2D eigenvalue weighted by molar-refractivity contribution is -0.282. The van der Waals surface area contributed by atoms with Crippen LogP contribution in [-0.4, -0.2) is 51.8 Å². The van der Waals surface area contributed by atoms with Crippen molar-refractivity contribution in [1.29, 1.82) is 0 Å². The highest BCUT2D eigenvalue weighted by Gasteiger charge is 2.44. The third-order valence-corrected chi connectivity index (χ3v) is 8.86. The second-order valence-electron chi connectivity index (χ2n) is 10.4. The van der Waals surface area contributed by atoms with Gasteiger partial charge in [0.25, 0.3) is 0 Å². The molecule has 2 rings (SSSR count). The van der Waals surface area contributed by atoms with Gasteiger partial charge in [0.05, 0.1) is 6.04 Å². The van der Waals surface area contributed by atoms with Crippen molar-refractivity contribution < 1.29 is 27.6 Å². The molecule has 2 unspecified atom stereocenters. The monoisotopic (exact) mass is 545 g/mol. The molecule has 0 heterocycles. The van der Waals surface area contributed by atoms with Gasteiger partial charge < -0.3 is 18.0 Å². The first-order chi connectivity index (χ1) is 18.1. The Balaban J connectivity index is 2.32. The fourth-order valence-corrected chi connectivity index (χ4v) is 6.74. The molecule has 0 radical (unpaired) electrons. The molecule has 2 atom stereocenters. The summed E-state index contributed by atoms with van der Waals surface area (Å²) < 4.78 is 23.3. The van der Waals surface area contributed by atoms with Crippen LogP contribution in [-0.2, 0) is 27.6 Å². The van der Waals surface area contributed by atoms with E-state index in [4.69, 9.17) is 22.9 Å². The average Bonchev–Trinajstić information content (AvgIpc) is 2.86. The number of hydroxylamine groups is 2. The van der Waals surface area contributed by atoms with Crippen molar-refractivity contribution >= 4 is 14.8 Å². The predicted molar refractivity (Wildman–Crippen MR) is 152 cm³/mol. The van der Waals surface area contributed by atoms with Gasteiger partial charge >= 0.3 is 14.8 Å². The van der Waals surface area contributed by atoms with E-state index >= 15 is 0 Å². The van der Waals surface area contributed by atoms with E-state index < -0.39 is 20.9 Å². The zero-order chi connectivity index (χ0) is 28.2. The van der Waals surface area contributed by atoms with Gasteiger partial charge in [0.1, 0.15) is 18.8 Å². The Kier molecular flexibility index (Phi) is 13.1. The Morgan fingerprint density at radius 2 is 1.29 bits per heavy atom. The number of hydrogen-bond acceptors (Lipinski definition) is 7. The van der Waals surface area contributed by atoms with Crippen LogP contribution in [0.2, 0.25) is 6.04 Å². The predicted octanol–water partition coefficient (Wildman–Crippen LogP) is 6.75. The van der Waals surface area contributed by atoms with E-state index in [-0.39, 0.29) is 30.1 Å². The Morgan fingerprint density at radius 3 is 1.71 bits per heavy atom. The van der Waals surface area contributed by atoms with Crippen LogP contribution in [0.15, 0.2) is 60.7 Å². The molecule has 0 amide bonds. The molecule has 0 fully saturated rings. The van der Waals surface area contributed by atoms with Crippen LogP contribution in [0.3, 0.4) is 0 Å². The maximum atomic E-state index is 13.1. The van der Waals surface area contributed by atoms with Crippen molar-refractivity contribution in [1.82, 2.24) is 5.06 Å². The number of carbonyl (C=O) groups is 1. The molecule has 0 saturated heterocycles. The Labute approximate surface area is 230 Å². The first kappa shape index (κ1) is 32.1. The lowest BCUT2D eigenvalue weighted by Gasteiger charge is -2.44. The number of esters is 1. The summed E-state index contributed by atoms with van der Waals surface area (Å²) in [5.74, 6) is -0.159. The summed E-state index contributed by atoms with van der Waals surface area (Å²) in [7, 11) is -3.17. The van der Waals surface area contributed by atoms with E-state index in [9.17, 15) is 4.79 Å². The normalized spacial score (nSPS) is 14.1. The van der Waals surface area contributed by atoms with Gasteiger partial charge in [0.2, 0.25) is 0 Å². The van der Waals surface area contributed by atoms with Gasteiger partial charge in [0, 0.05) is 25.4 Å². The lowest BCUT2D eigenvalue weighted by Crippen LogP contribution is -2.48. The standard InChI is InChI=1S/C30H47NO6Si/c1-9-34-38(35-10-2,36-11-3)23-28(32)33-22-27(25-18-14-12-15-19-25)37-31(30(6,7)8)29(24(4)5)26-20-16-13-17-21-26/h12-21,24,27,29H,9-11,22-23H2,1-8H3. The minimum absolute atomic E-state index is 0.00738. The molecule has 0 aliphatic heterocycles. The highest BCUT2D eigenvalue weighted by molar-refractivity contribution is 6.64. The van der Waals surface area contributed by atoms with Crippen molar-refractivity contribution in [2.45, 2.75) is 79.1 Å². The molecule has 2 aromatic rings. The molecule has 38 heavy (non-hydrogen) atoms. The number of benzene rings is 2. The molecule has 8 heteroatoms. The van der Waals surface area contributed by atoms with Gasteiger partial charge in [-0.2, -0.15) is 5.06 Å². The first-order valence-corrected chi connectivity index (χ1v) is 15.6. The molecule has 2 aromatic carbocycles. The molecule has 0 saturated carbocycles. The summed E-state index contributed by atoms with van der Waals surface area (Å²) in [4.78, 5) is 19.8. The third-order valence-electron chi connectivity index (χ3n) is 5.95. The van der Waals surface area contributed by atoms with Gasteiger partial charge in [-0.05, 0) is 58.6 Å². The van der Waals surface area contributed by atoms with Crippen molar-refractivity contribution in [3.05, 3.63) is 71.8 Å². The van der Waals surface area contributed by atoms with Gasteiger partial charge in [-0.1, -0.05) is 74.5 Å². The van der Waals surface area contributed by atoms with E-state index in [0.29, 0.717) is 19.8 Å². The lowest BCUT2D eigenvalue weighted by atomic mass is 9.92. The summed E-state index contributed by atoms with van der Waals surface area (Å²) in [6, 6.07) is 20.2. The number of carbonyl (C=O) groups excluding carboxylic acids is 1. The molecule has 0 aromatic heterocycles. The quantitative estimate of drug-likeness (QED) is 0.131. The van der Waals surface area contributed by atoms with Crippen LogP contribution in [0.1, 0.15) is 78.7 Å². The number of hydrogen-bond donors (Lipinski definition) is 0.